The number of rotatable bonds is 5. The molecule has 0 spiro atoms. The summed E-state index contributed by atoms with van der Waals surface area (Å²) in [5.41, 5.74) is 1.19. The van der Waals surface area contributed by atoms with Crippen LogP contribution in [0.5, 0.6) is 0 Å². The third kappa shape index (κ3) is 4.55. The molecule has 0 aromatic heterocycles. The van der Waals surface area contributed by atoms with Crippen molar-refractivity contribution >= 4 is 32.5 Å². The Morgan fingerprint density at radius 3 is 2.35 bits per heavy atom. The summed E-state index contributed by atoms with van der Waals surface area (Å²) in [5.74, 6) is 0.123. The van der Waals surface area contributed by atoms with E-state index in [4.69, 9.17) is 0 Å². The number of benzene rings is 2. The van der Waals surface area contributed by atoms with Crippen LogP contribution in [0.2, 0.25) is 0 Å². The molecule has 2 aromatic carbocycles. The van der Waals surface area contributed by atoms with Crippen LogP contribution >= 0.6 is 0 Å². The Hall–Kier alpha value is -1.63. The molecule has 1 N–H and O–H groups in total. The van der Waals surface area contributed by atoms with E-state index in [-0.39, 0.29) is 5.91 Å². The van der Waals surface area contributed by atoms with Crippen LogP contribution in [0.1, 0.15) is 24.8 Å². The van der Waals surface area contributed by atoms with E-state index in [0.29, 0.717) is 19.3 Å². The summed E-state index contributed by atoms with van der Waals surface area (Å²) in [6, 6.07) is 17.9. The van der Waals surface area contributed by atoms with Crippen LogP contribution in [0.3, 0.4) is 0 Å². The average molecular weight is 410 g/mol. The van der Waals surface area contributed by atoms with Crippen molar-refractivity contribution in [3.8, 4) is 0 Å². The Kier molecular flexibility index (Phi) is 6.17. The Morgan fingerprint density at radius 1 is 1.12 bits per heavy atom. The molecule has 1 heterocycles. The molecule has 3 radical (unpaired) electrons. The van der Waals surface area contributed by atoms with Gasteiger partial charge in [-0.15, -0.1) is 0 Å². The molecular formula is C21H25GeN2O2. The van der Waals surface area contributed by atoms with Crippen LogP contribution in [0, 0.1) is 0 Å². The molecule has 0 bridgehead atoms. The first-order valence-electron chi connectivity index (χ1n) is 9.06. The molecule has 3 rings (SSSR count). The Labute approximate surface area is 164 Å². The molecule has 1 aliphatic heterocycles. The number of hydrogen-bond donors (Lipinski definition) is 1. The van der Waals surface area contributed by atoms with Crippen molar-refractivity contribution in [1.82, 2.24) is 4.90 Å². The normalized spacial score (nSPS) is 17.0. The topological polar surface area (TPSA) is 43.8 Å². The second-order valence-electron chi connectivity index (χ2n) is 6.99. The average Bonchev–Trinajstić information content (AvgIpc) is 2.68. The summed E-state index contributed by atoms with van der Waals surface area (Å²) in [7, 11) is 1.83. The molecule has 0 unspecified atom stereocenters. The first kappa shape index (κ1) is 19.1. The number of likely N-dealkylation sites (tertiary alicyclic amines) is 1. The number of nitrogens with zero attached hydrogens (tertiary/aromatic N) is 2. The summed E-state index contributed by atoms with van der Waals surface area (Å²) in [6.07, 6.45) is 1.91. The molecule has 135 valence electrons. The summed E-state index contributed by atoms with van der Waals surface area (Å²) >= 11 is 2.04. The first-order chi connectivity index (χ1) is 12.5. The van der Waals surface area contributed by atoms with Crippen LogP contribution in [-0.2, 0) is 10.4 Å². The number of anilines is 1. The molecule has 5 heteroatoms. The summed E-state index contributed by atoms with van der Waals surface area (Å²) in [6.45, 7) is 2.36. The molecule has 4 nitrogen and oxygen atoms in total. The number of hydrogen-bond acceptors (Lipinski definition) is 3. The van der Waals surface area contributed by atoms with Crippen LogP contribution in [0.15, 0.2) is 54.6 Å². The number of aliphatic hydroxyl groups is 1. The van der Waals surface area contributed by atoms with E-state index < -0.39 is 5.60 Å². The van der Waals surface area contributed by atoms with E-state index in [9.17, 15) is 9.90 Å². The van der Waals surface area contributed by atoms with Gasteiger partial charge in [-0.1, -0.05) is 30.3 Å². The van der Waals surface area contributed by atoms with Gasteiger partial charge in [0.05, 0.1) is 0 Å². The quantitative estimate of drug-likeness (QED) is 0.766. The zero-order valence-electron chi connectivity index (χ0n) is 15.2. The standard InChI is InChI=1S/C21H25GeN2O2/c1-23(19-9-7-18(22)8-10-19)20(25)11-14-24-15-12-21(26,13-16-24)17-5-3-2-4-6-17/h2-10,26H,11-16H2,1H3. The van der Waals surface area contributed by atoms with Gasteiger partial charge >= 0.3 is 123 Å². The molecule has 1 amide bonds. The molecule has 1 fully saturated rings. The van der Waals surface area contributed by atoms with Crippen molar-refractivity contribution in [2.45, 2.75) is 24.9 Å². The Bertz CT molecular complexity index is 725. The summed E-state index contributed by atoms with van der Waals surface area (Å²) < 4.78 is 1.19. The fourth-order valence-electron chi connectivity index (χ4n) is 3.43. The molecule has 2 aromatic rings. The maximum absolute atomic E-state index is 12.5. The monoisotopic (exact) mass is 411 g/mol. The SMILES string of the molecule is CN(C(=O)CCN1CCC(O)(c2ccccc2)CC1)c1cc[c]([Ge])cc1. The van der Waals surface area contributed by atoms with Gasteiger partial charge in [0, 0.05) is 0 Å². The number of carbonyl (C=O) groups excluding carboxylic acids is 1. The number of amides is 1. The van der Waals surface area contributed by atoms with Crippen molar-refractivity contribution in [1.29, 1.82) is 0 Å². The molecular weight excluding hydrogens is 385 g/mol. The molecule has 0 aliphatic carbocycles. The van der Waals surface area contributed by atoms with E-state index in [1.807, 2.05) is 78.2 Å². The molecule has 0 saturated carbocycles. The third-order valence-electron chi connectivity index (χ3n) is 5.26. The van der Waals surface area contributed by atoms with Crippen molar-refractivity contribution in [2.24, 2.45) is 0 Å². The van der Waals surface area contributed by atoms with Crippen molar-refractivity contribution in [3.05, 3.63) is 60.2 Å². The number of piperidine rings is 1. The fraction of sp³-hybridized carbons (Fsp3) is 0.381. The van der Waals surface area contributed by atoms with Crippen LogP contribution in [0.4, 0.5) is 5.69 Å². The van der Waals surface area contributed by atoms with E-state index in [1.165, 1.54) is 4.40 Å². The van der Waals surface area contributed by atoms with Crippen molar-refractivity contribution < 1.29 is 9.90 Å². The predicted molar refractivity (Wildman–Crippen MR) is 106 cm³/mol. The van der Waals surface area contributed by atoms with Gasteiger partial charge in [-0.3, -0.25) is 0 Å². The van der Waals surface area contributed by atoms with Gasteiger partial charge in [-0.2, -0.15) is 0 Å². The van der Waals surface area contributed by atoms with Gasteiger partial charge in [0.15, 0.2) is 0 Å². The Balaban J connectivity index is 1.49. The maximum atomic E-state index is 12.5. The summed E-state index contributed by atoms with van der Waals surface area (Å²) in [4.78, 5) is 16.5. The minimum atomic E-state index is -0.736. The van der Waals surface area contributed by atoms with E-state index >= 15 is 0 Å². The van der Waals surface area contributed by atoms with Gasteiger partial charge in [-0.25, -0.2) is 0 Å². The van der Waals surface area contributed by atoms with Gasteiger partial charge in [0.2, 0.25) is 0 Å². The molecule has 1 saturated heterocycles. The predicted octanol–water partition coefficient (Wildman–Crippen LogP) is 1.82. The second kappa shape index (κ2) is 8.38. The summed E-state index contributed by atoms with van der Waals surface area (Å²) in [5, 5.41) is 10.9. The van der Waals surface area contributed by atoms with E-state index in [0.717, 1.165) is 30.9 Å². The van der Waals surface area contributed by atoms with Gasteiger partial charge in [0.25, 0.3) is 0 Å². The Morgan fingerprint density at radius 2 is 1.73 bits per heavy atom. The molecule has 1 aliphatic rings. The van der Waals surface area contributed by atoms with Gasteiger partial charge < -0.3 is 5.11 Å². The first-order valence-corrected chi connectivity index (χ1v) is 10.1. The minimum absolute atomic E-state index is 0.123. The van der Waals surface area contributed by atoms with Gasteiger partial charge in [0.1, 0.15) is 0 Å². The number of carbonyl (C=O) groups is 1. The van der Waals surface area contributed by atoms with E-state index in [2.05, 4.69) is 4.90 Å². The van der Waals surface area contributed by atoms with Crippen molar-refractivity contribution in [2.75, 3.05) is 31.6 Å². The third-order valence-corrected chi connectivity index (χ3v) is 5.96. The van der Waals surface area contributed by atoms with Gasteiger partial charge in [-0.05, 0) is 5.56 Å². The second-order valence-corrected chi connectivity index (χ2v) is 8.20. The fourth-order valence-corrected chi connectivity index (χ4v) is 3.78. The van der Waals surface area contributed by atoms with Crippen LogP contribution < -0.4 is 9.30 Å². The van der Waals surface area contributed by atoms with Crippen molar-refractivity contribution in [3.63, 3.8) is 0 Å². The zero-order valence-corrected chi connectivity index (χ0v) is 17.3. The zero-order chi connectivity index (χ0) is 18.6. The van der Waals surface area contributed by atoms with E-state index in [1.54, 1.807) is 4.90 Å². The van der Waals surface area contributed by atoms with Crippen LogP contribution in [0.25, 0.3) is 0 Å². The molecule has 0 atom stereocenters. The van der Waals surface area contributed by atoms with Crippen LogP contribution in [-0.4, -0.2) is 59.1 Å². The molecule has 26 heavy (non-hydrogen) atoms.